The van der Waals surface area contributed by atoms with Gasteiger partial charge in [0.15, 0.2) is 0 Å². The average Bonchev–Trinajstić information content (AvgIpc) is 3.42. The molecule has 0 unspecified atom stereocenters. The molecule has 1 fully saturated rings. The van der Waals surface area contributed by atoms with E-state index in [4.69, 9.17) is 4.42 Å². The first-order chi connectivity index (χ1) is 17.4. The average molecular weight is 510 g/mol. The largest absolute Gasteiger partial charge is 0.467 e. The van der Waals surface area contributed by atoms with Crippen molar-refractivity contribution in [2.24, 2.45) is 5.92 Å². The second-order valence-corrected chi connectivity index (χ2v) is 11.0. The zero-order chi connectivity index (χ0) is 25.4. The molecule has 1 aliphatic rings. The number of aryl methyl sites for hydroxylation is 1. The number of hydrogen-bond acceptors (Lipinski definition) is 5. The van der Waals surface area contributed by atoms with Crippen LogP contribution < -0.4 is 10.6 Å². The summed E-state index contributed by atoms with van der Waals surface area (Å²) in [7, 11) is -3.46. The number of anilines is 1. The Hall–Kier alpha value is -3.43. The van der Waals surface area contributed by atoms with Gasteiger partial charge < -0.3 is 15.1 Å². The number of nitrogens with one attached hydrogen (secondary N) is 2. The maximum atomic E-state index is 13.1. The van der Waals surface area contributed by atoms with E-state index >= 15 is 0 Å². The summed E-state index contributed by atoms with van der Waals surface area (Å²) in [4.78, 5) is 25.8. The number of sulfonamides is 1. The zero-order valence-corrected chi connectivity index (χ0v) is 20.9. The van der Waals surface area contributed by atoms with Crippen LogP contribution in [0, 0.1) is 5.92 Å². The summed E-state index contributed by atoms with van der Waals surface area (Å²) >= 11 is 0. The quantitative estimate of drug-likeness (QED) is 0.432. The maximum absolute atomic E-state index is 13.1. The zero-order valence-electron chi connectivity index (χ0n) is 20.1. The fourth-order valence-corrected chi connectivity index (χ4v) is 5.92. The molecule has 3 aromatic rings. The number of carbonyl (C=O) groups excluding carboxylic acids is 2. The topological polar surface area (TPSA) is 109 Å². The minimum Gasteiger partial charge on any atom is -0.467 e. The highest BCUT2D eigenvalue weighted by atomic mass is 32.2. The van der Waals surface area contributed by atoms with Crippen molar-refractivity contribution in [1.29, 1.82) is 0 Å². The van der Waals surface area contributed by atoms with Crippen molar-refractivity contribution in [1.82, 2.24) is 9.62 Å². The number of hydrogen-bond donors (Lipinski definition) is 2. The number of benzene rings is 2. The number of amides is 2. The smallest absolute Gasteiger partial charge is 0.253 e. The monoisotopic (exact) mass is 509 g/mol. The van der Waals surface area contributed by atoms with Gasteiger partial charge in [-0.05, 0) is 55.5 Å². The standard InChI is InChI=1S/C27H31N3O5S/c31-26(29-25-15-5-4-14-24(25)27(32)28-19-23-13-7-17-35-23)22-12-6-16-30(20-22)36(33,34)18-8-11-21-9-2-1-3-10-21/h1-5,7,9-10,13-15,17,22H,6,8,11-12,16,18-20H2,(H,28,32)(H,29,31)/t22-/m1/s1. The van der Waals surface area contributed by atoms with Crippen LogP contribution in [0.3, 0.4) is 0 Å². The molecule has 2 heterocycles. The second-order valence-electron chi connectivity index (χ2n) is 8.90. The van der Waals surface area contributed by atoms with Gasteiger partial charge in [-0.15, -0.1) is 0 Å². The summed E-state index contributed by atoms with van der Waals surface area (Å²) in [6.07, 6.45) is 3.96. The first-order valence-electron chi connectivity index (χ1n) is 12.1. The third-order valence-electron chi connectivity index (χ3n) is 6.29. The van der Waals surface area contributed by atoms with E-state index in [1.54, 1.807) is 36.4 Å². The predicted molar refractivity (Wildman–Crippen MR) is 138 cm³/mol. The van der Waals surface area contributed by atoms with E-state index in [2.05, 4.69) is 10.6 Å². The van der Waals surface area contributed by atoms with Crippen molar-refractivity contribution < 1.29 is 22.4 Å². The molecule has 1 atom stereocenters. The highest BCUT2D eigenvalue weighted by molar-refractivity contribution is 7.89. The van der Waals surface area contributed by atoms with E-state index in [1.165, 1.54) is 10.6 Å². The lowest BCUT2D eigenvalue weighted by atomic mass is 9.98. The highest BCUT2D eigenvalue weighted by Gasteiger charge is 2.32. The van der Waals surface area contributed by atoms with Crippen LogP contribution in [0.1, 0.15) is 40.9 Å². The molecule has 2 aromatic carbocycles. The van der Waals surface area contributed by atoms with E-state index in [9.17, 15) is 18.0 Å². The van der Waals surface area contributed by atoms with Crippen LogP contribution in [-0.4, -0.2) is 43.4 Å². The molecule has 1 aliphatic heterocycles. The highest BCUT2D eigenvalue weighted by Crippen LogP contribution is 2.23. The summed E-state index contributed by atoms with van der Waals surface area (Å²) in [5.74, 6) is -0.437. The molecule has 0 spiro atoms. The number of carbonyl (C=O) groups is 2. The molecule has 2 amide bonds. The Bertz CT molecular complexity index is 1260. The Labute approximate surface area is 211 Å². The lowest BCUT2D eigenvalue weighted by Crippen LogP contribution is -2.44. The molecule has 0 radical (unpaired) electrons. The Morgan fingerprint density at radius 2 is 1.78 bits per heavy atom. The lowest BCUT2D eigenvalue weighted by Gasteiger charge is -2.31. The van der Waals surface area contributed by atoms with Gasteiger partial charge in [-0.3, -0.25) is 9.59 Å². The Morgan fingerprint density at radius 3 is 2.56 bits per heavy atom. The van der Waals surface area contributed by atoms with Crippen LogP contribution in [0.25, 0.3) is 0 Å². The van der Waals surface area contributed by atoms with Gasteiger partial charge in [0.25, 0.3) is 5.91 Å². The number of rotatable bonds is 10. The van der Waals surface area contributed by atoms with E-state index in [0.29, 0.717) is 49.2 Å². The van der Waals surface area contributed by atoms with Crippen LogP contribution in [0.2, 0.25) is 0 Å². The van der Waals surface area contributed by atoms with Gasteiger partial charge in [0.1, 0.15) is 5.76 Å². The van der Waals surface area contributed by atoms with Gasteiger partial charge in [-0.2, -0.15) is 0 Å². The van der Waals surface area contributed by atoms with Gasteiger partial charge in [-0.1, -0.05) is 42.5 Å². The fourth-order valence-electron chi connectivity index (χ4n) is 4.34. The Morgan fingerprint density at radius 1 is 1.00 bits per heavy atom. The SMILES string of the molecule is O=C(NCc1ccco1)c1ccccc1NC(=O)[C@@H]1CCCN(S(=O)(=O)CCCc2ccccc2)C1. The molecular formula is C27H31N3O5S. The predicted octanol–water partition coefficient (Wildman–Crippen LogP) is 3.82. The van der Waals surface area contributed by atoms with Crippen molar-refractivity contribution in [3.63, 3.8) is 0 Å². The Kier molecular flexibility index (Phi) is 8.56. The molecule has 36 heavy (non-hydrogen) atoms. The minimum atomic E-state index is -3.46. The van der Waals surface area contributed by atoms with E-state index in [1.807, 2.05) is 30.3 Å². The molecule has 4 rings (SSSR count). The van der Waals surface area contributed by atoms with Gasteiger partial charge in [-0.25, -0.2) is 12.7 Å². The van der Waals surface area contributed by atoms with Crippen molar-refractivity contribution in [2.75, 3.05) is 24.2 Å². The number of nitrogens with zero attached hydrogens (tertiary/aromatic N) is 1. The second kappa shape index (κ2) is 12.0. The van der Waals surface area contributed by atoms with E-state index in [-0.39, 0.29) is 30.7 Å². The van der Waals surface area contributed by atoms with Gasteiger partial charge >= 0.3 is 0 Å². The maximum Gasteiger partial charge on any atom is 0.253 e. The van der Waals surface area contributed by atoms with Crippen LogP contribution in [-0.2, 0) is 27.8 Å². The van der Waals surface area contributed by atoms with Crippen LogP contribution in [0.4, 0.5) is 5.69 Å². The first kappa shape index (κ1) is 25.7. The normalized spacial score (nSPS) is 16.4. The number of furan rings is 1. The third-order valence-corrected chi connectivity index (χ3v) is 8.21. The molecule has 0 saturated carbocycles. The molecule has 8 nitrogen and oxygen atoms in total. The summed E-state index contributed by atoms with van der Waals surface area (Å²) in [6.45, 7) is 0.795. The van der Waals surface area contributed by atoms with Crippen LogP contribution in [0.5, 0.6) is 0 Å². The third kappa shape index (κ3) is 6.83. The number of para-hydroxylation sites is 1. The Balaban J connectivity index is 1.33. The molecule has 1 aromatic heterocycles. The molecule has 190 valence electrons. The molecule has 0 bridgehead atoms. The van der Waals surface area contributed by atoms with Crippen molar-refractivity contribution >= 4 is 27.5 Å². The molecule has 2 N–H and O–H groups in total. The van der Waals surface area contributed by atoms with Crippen molar-refractivity contribution in [3.8, 4) is 0 Å². The van der Waals surface area contributed by atoms with E-state index < -0.39 is 15.9 Å². The molecule has 1 saturated heterocycles. The lowest BCUT2D eigenvalue weighted by molar-refractivity contribution is -0.120. The molecule has 0 aliphatic carbocycles. The van der Waals surface area contributed by atoms with E-state index in [0.717, 1.165) is 5.56 Å². The number of piperidine rings is 1. The van der Waals surface area contributed by atoms with Crippen molar-refractivity contribution in [2.45, 2.75) is 32.2 Å². The van der Waals surface area contributed by atoms with Gasteiger partial charge in [0, 0.05) is 13.1 Å². The minimum absolute atomic E-state index is 0.0505. The fraction of sp³-hybridized carbons (Fsp3) is 0.333. The van der Waals surface area contributed by atoms with Crippen LogP contribution >= 0.6 is 0 Å². The summed E-state index contributed by atoms with van der Waals surface area (Å²) < 4.78 is 32.6. The molecular weight excluding hydrogens is 478 g/mol. The van der Waals surface area contributed by atoms with Gasteiger partial charge in [0.2, 0.25) is 15.9 Å². The van der Waals surface area contributed by atoms with Gasteiger partial charge in [0.05, 0.1) is 35.7 Å². The van der Waals surface area contributed by atoms with Crippen LogP contribution in [0.15, 0.2) is 77.4 Å². The summed E-state index contributed by atoms with van der Waals surface area (Å²) in [5, 5.41) is 5.63. The molecule has 9 heteroatoms. The summed E-state index contributed by atoms with van der Waals surface area (Å²) in [5.41, 5.74) is 1.83. The first-order valence-corrected chi connectivity index (χ1v) is 13.8. The summed E-state index contributed by atoms with van der Waals surface area (Å²) in [6, 6.07) is 20.1. The van der Waals surface area contributed by atoms with Crippen molar-refractivity contribution in [3.05, 3.63) is 89.9 Å².